The molecule has 1 amide bonds. The summed E-state index contributed by atoms with van der Waals surface area (Å²) in [5.41, 5.74) is 0. The Balaban J connectivity index is 1.99. The molecule has 0 unspecified atom stereocenters. The van der Waals surface area contributed by atoms with Crippen LogP contribution in [0.3, 0.4) is 0 Å². The zero-order chi connectivity index (χ0) is 13.1. The third-order valence-corrected chi connectivity index (χ3v) is 3.02. The molecular formula is C10H13ClN4O3. The van der Waals surface area contributed by atoms with E-state index in [4.69, 9.17) is 16.7 Å². The van der Waals surface area contributed by atoms with Crippen LogP contribution in [0.25, 0.3) is 0 Å². The van der Waals surface area contributed by atoms with Crippen LogP contribution in [0.2, 0.25) is 5.15 Å². The highest BCUT2D eigenvalue weighted by molar-refractivity contribution is 6.29. The number of nitrogens with one attached hydrogen (secondary N) is 1. The van der Waals surface area contributed by atoms with Gasteiger partial charge in [-0.25, -0.2) is 14.8 Å². The SMILES string of the molecule is O=C(O)N[C@H]1CCN(c2cnc(Cl)cn2)C[C@@H]1O. The predicted octanol–water partition coefficient (Wildman–Crippen LogP) is 0.337. The quantitative estimate of drug-likeness (QED) is 0.718. The van der Waals surface area contributed by atoms with Gasteiger partial charge in [0, 0.05) is 13.1 Å². The first-order chi connectivity index (χ1) is 8.56. The van der Waals surface area contributed by atoms with Crippen molar-refractivity contribution < 1.29 is 15.0 Å². The molecule has 1 aliphatic rings. The highest BCUT2D eigenvalue weighted by Crippen LogP contribution is 2.18. The number of piperidine rings is 1. The van der Waals surface area contributed by atoms with Crippen LogP contribution in [0.15, 0.2) is 12.4 Å². The molecule has 1 aromatic heterocycles. The third-order valence-electron chi connectivity index (χ3n) is 2.82. The summed E-state index contributed by atoms with van der Waals surface area (Å²) in [6.45, 7) is 0.902. The maximum absolute atomic E-state index is 10.5. The summed E-state index contributed by atoms with van der Waals surface area (Å²) in [5.74, 6) is 0.618. The van der Waals surface area contributed by atoms with Crippen molar-refractivity contribution in [2.24, 2.45) is 0 Å². The molecule has 3 N–H and O–H groups in total. The van der Waals surface area contributed by atoms with Crippen molar-refractivity contribution in [2.45, 2.75) is 18.6 Å². The standard InChI is InChI=1S/C10H13ClN4O3/c11-8-3-13-9(4-12-8)15-2-1-6(7(16)5-15)14-10(17)18/h3-4,6-7,14,16H,1-2,5H2,(H,17,18)/t6-,7-/m0/s1. The summed E-state index contributed by atoms with van der Waals surface area (Å²) in [7, 11) is 0. The van der Waals surface area contributed by atoms with E-state index in [9.17, 15) is 9.90 Å². The fourth-order valence-electron chi connectivity index (χ4n) is 1.94. The summed E-state index contributed by atoms with van der Waals surface area (Å²) in [6, 6.07) is -0.445. The van der Waals surface area contributed by atoms with Gasteiger partial charge in [0.05, 0.1) is 24.5 Å². The van der Waals surface area contributed by atoms with Crippen LogP contribution in [0.1, 0.15) is 6.42 Å². The first kappa shape index (κ1) is 12.8. The average molecular weight is 273 g/mol. The summed E-state index contributed by atoms with van der Waals surface area (Å²) in [4.78, 5) is 20.4. The Bertz CT molecular complexity index is 428. The normalized spacial score (nSPS) is 23.8. The Kier molecular flexibility index (Phi) is 3.83. The minimum absolute atomic E-state index is 0.307. The third kappa shape index (κ3) is 2.99. The van der Waals surface area contributed by atoms with Gasteiger partial charge >= 0.3 is 6.09 Å². The van der Waals surface area contributed by atoms with E-state index in [0.29, 0.717) is 30.5 Å². The summed E-state index contributed by atoms with van der Waals surface area (Å²) >= 11 is 5.64. The zero-order valence-corrected chi connectivity index (χ0v) is 10.2. The van der Waals surface area contributed by atoms with Gasteiger partial charge < -0.3 is 20.4 Å². The Morgan fingerprint density at radius 3 is 2.83 bits per heavy atom. The van der Waals surface area contributed by atoms with Crippen molar-refractivity contribution in [2.75, 3.05) is 18.0 Å². The largest absolute Gasteiger partial charge is 0.465 e. The van der Waals surface area contributed by atoms with E-state index < -0.39 is 18.2 Å². The molecule has 2 rings (SSSR count). The van der Waals surface area contributed by atoms with E-state index in [-0.39, 0.29) is 0 Å². The van der Waals surface area contributed by atoms with Crippen molar-refractivity contribution >= 4 is 23.5 Å². The first-order valence-electron chi connectivity index (χ1n) is 5.46. The smallest absolute Gasteiger partial charge is 0.404 e. The predicted molar refractivity (Wildman–Crippen MR) is 64.8 cm³/mol. The molecule has 0 radical (unpaired) electrons. The van der Waals surface area contributed by atoms with E-state index in [2.05, 4.69) is 15.3 Å². The van der Waals surface area contributed by atoms with Crippen molar-refractivity contribution in [3.8, 4) is 0 Å². The molecule has 1 saturated heterocycles. The van der Waals surface area contributed by atoms with Crippen LogP contribution in [0.4, 0.5) is 10.6 Å². The van der Waals surface area contributed by atoms with E-state index in [0.717, 1.165) is 0 Å². The van der Waals surface area contributed by atoms with Gasteiger partial charge in [0.1, 0.15) is 11.0 Å². The molecule has 0 aromatic carbocycles. The van der Waals surface area contributed by atoms with Crippen molar-refractivity contribution in [3.63, 3.8) is 0 Å². The van der Waals surface area contributed by atoms with E-state index >= 15 is 0 Å². The number of halogens is 1. The summed E-state index contributed by atoms with van der Waals surface area (Å²) in [5, 5.41) is 21.1. The molecule has 0 bridgehead atoms. The molecule has 18 heavy (non-hydrogen) atoms. The van der Waals surface area contributed by atoms with Crippen LogP contribution in [0.5, 0.6) is 0 Å². The lowest BCUT2D eigenvalue weighted by Crippen LogP contribution is -2.54. The fraction of sp³-hybridized carbons (Fsp3) is 0.500. The highest BCUT2D eigenvalue weighted by atomic mass is 35.5. The van der Waals surface area contributed by atoms with Gasteiger partial charge in [0.25, 0.3) is 0 Å². The number of carboxylic acid groups (broad SMARTS) is 1. The Morgan fingerprint density at radius 2 is 2.28 bits per heavy atom. The first-order valence-corrected chi connectivity index (χ1v) is 5.84. The van der Waals surface area contributed by atoms with Crippen molar-refractivity contribution in [1.82, 2.24) is 15.3 Å². The van der Waals surface area contributed by atoms with Crippen LogP contribution in [-0.2, 0) is 0 Å². The van der Waals surface area contributed by atoms with Crippen LogP contribution < -0.4 is 10.2 Å². The maximum Gasteiger partial charge on any atom is 0.404 e. The van der Waals surface area contributed by atoms with Crippen molar-refractivity contribution in [3.05, 3.63) is 17.5 Å². The highest BCUT2D eigenvalue weighted by Gasteiger charge is 2.29. The molecular weight excluding hydrogens is 260 g/mol. The summed E-state index contributed by atoms with van der Waals surface area (Å²) in [6.07, 6.45) is 1.58. The molecule has 7 nitrogen and oxygen atoms in total. The van der Waals surface area contributed by atoms with Crippen LogP contribution >= 0.6 is 11.6 Å². The number of hydrogen-bond acceptors (Lipinski definition) is 5. The molecule has 98 valence electrons. The fourth-order valence-corrected chi connectivity index (χ4v) is 2.03. The second-order valence-electron chi connectivity index (χ2n) is 4.06. The van der Waals surface area contributed by atoms with E-state index in [1.165, 1.54) is 12.4 Å². The van der Waals surface area contributed by atoms with E-state index in [1.54, 1.807) is 0 Å². The number of aromatic nitrogens is 2. The molecule has 0 spiro atoms. The molecule has 8 heteroatoms. The minimum atomic E-state index is -1.13. The number of β-amino-alcohol motifs (C(OH)–C–C–N with tert-alkyl or cyclic N) is 1. The topological polar surface area (TPSA) is 98.6 Å². The summed E-state index contributed by atoms with van der Waals surface area (Å²) < 4.78 is 0. The number of carbonyl (C=O) groups is 1. The number of anilines is 1. The number of rotatable bonds is 2. The number of hydrogen-bond donors (Lipinski definition) is 3. The lowest BCUT2D eigenvalue weighted by atomic mass is 10.0. The molecule has 1 fully saturated rings. The monoisotopic (exact) mass is 272 g/mol. The molecule has 2 heterocycles. The Morgan fingerprint density at radius 1 is 1.50 bits per heavy atom. The molecule has 0 saturated carbocycles. The van der Waals surface area contributed by atoms with Gasteiger partial charge in [-0.3, -0.25) is 0 Å². The van der Waals surface area contributed by atoms with E-state index in [1.807, 2.05) is 4.90 Å². The zero-order valence-electron chi connectivity index (χ0n) is 9.45. The van der Waals surface area contributed by atoms with Gasteiger partial charge in [-0.15, -0.1) is 0 Å². The van der Waals surface area contributed by atoms with Crippen LogP contribution in [0, 0.1) is 0 Å². The van der Waals surface area contributed by atoms with Gasteiger partial charge in [-0.1, -0.05) is 11.6 Å². The van der Waals surface area contributed by atoms with Crippen molar-refractivity contribution in [1.29, 1.82) is 0 Å². The van der Waals surface area contributed by atoms with Crippen LogP contribution in [-0.4, -0.2) is 51.5 Å². The lowest BCUT2D eigenvalue weighted by Gasteiger charge is -2.36. The van der Waals surface area contributed by atoms with Gasteiger partial charge in [-0.2, -0.15) is 0 Å². The Hall–Kier alpha value is -1.60. The molecule has 1 aliphatic heterocycles. The van der Waals surface area contributed by atoms with Gasteiger partial charge in [-0.05, 0) is 6.42 Å². The minimum Gasteiger partial charge on any atom is -0.465 e. The second-order valence-corrected chi connectivity index (χ2v) is 4.44. The maximum atomic E-state index is 10.5. The number of aliphatic hydroxyl groups excluding tert-OH is 1. The number of nitrogens with zero attached hydrogens (tertiary/aromatic N) is 3. The molecule has 0 aliphatic carbocycles. The number of aliphatic hydroxyl groups is 1. The molecule has 1 aromatic rings. The second kappa shape index (κ2) is 5.36. The Labute approximate surface area is 108 Å². The lowest BCUT2D eigenvalue weighted by molar-refractivity contribution is 0.108. The molecule has 2 atom stereocenters. The number of amides is 1. The van der Waals surface area contributed by atoms with Gasteiger partial charge in [0.2, 0.25) is 0 Å². The van der Waals surface area contributed by atoms with Gasteiger partial charge in [0.15, 0.2) is 0 Å². The average Bonchev–Trinajstić information content (AvgIpc) is 2.32.